The van der Waals surface area contributed by atoms with E-state index in [0.29, 0.717) is 0 Å². The molecular weight excluding hydrogens is 344 g/mol. The van der Waals surface area contributed by atoms with Crippen LogP contribution in [0, 0.1) is 16.9 Å². The molecule has 2 aromatic carbocycles. The highest BCUT2D eigenvalue weighted by Gasteiger charge is 2.50. The van der Waals surface area contributed by atoms with Gasteiger partial charge in [0.2, 0.25) is 0 Å². The lowest BCUT2D eigenvalue weighted by Crippen LogP contribution is -2.52. The van der Waals surface area contributed by atoms with Gasteiger partial charge in [0.15, 0.2) is 0 Å². The molecule has 1 unspecified atom stereocenters. The van der Waals surface area contributed by atoms with E-state index >= 15 is 0 Å². The van der Waals surface area contributed by atoms with Crippen LogP contribution in [0.3, 0.4) is 0 Å². The summed E-state index contributed by atoms with van der Waals surface area (Å²) in [4.78, 5) is 0. The van der Waals surface area contributed by atoms with Crippen LogP contribution in [-0.2, 0) is 12.8 Å². The minimum absolute atomic E-state index is 0.236. The molecule has 0 aliphatic heterocycles. The van der Waals surface area contributed by atoms with Crippen LogP contribution in [0.25, 0.3) is 0 Å². The fraction of sp³-hybridized carbons (Fsp3) is 0.440. The van der Waals surface area contributed by atoms with Gasteiger partial charge in [-0.05, 0) is 43.2 Å². The van der Waals surface area contributed by atoms with Crippen LogP contribution < -0.4 is 0 Å². The van der Waals surface area contributed by atoms with Crippen LogP contribution in [0.15, 0.2) is 60.7 Å². The van der Waals surface area contributed by atoms with Crippen molar-refractivity contribution in [2.45, 2.75) is 63.8 Å². The largest absolute Gasteiger partial charge is 0.377 e. The van der Waals surface area contributed by atoms with E-state index in [9.17, 15) is 5.11 Å². The van der Waals surface area contributed by atoms with Crippen molar-refractivity contribution in [3.8, 4) is 11.5 Å². The predicted octanol–water partition coefficient (Wildman–Crippen LogP) is 5.64. The summed E-state index contributed by atoms with van der Waals surface area (Å²) < 4.78 is 0. The molecule has 0 bridgehead atoms. The maximum atomic E-state index is 11.9. The van der Waals surface area contributed by atoms with E-state index in [-0.39, 0.29) is 5.41 Å². The van der Waals surface area contributed by atoms with Gasteiger partial charge >= 0.3 is 0 Å². The second-order valence-corrected chi connectivity index (χ2v) is 13.9. The maximum absolute atomic E-state index is 11.9. The molecular formula is C25H32OSi. The molecule has 27 heavy (non-hydrogen) atoms. The van der Waals surface area contributed by atoms with E-state index in [1.807, 2.05) is 0 Å². The number of benzene rings is 2. The molecule has 1 fully saturated rings. The highest BCUT2D eigenvalue weighted by molar-refractivity contribution is 6.83. The van der Waals surface area contributed by atoms with Gasteiger partial charge in [-0.3, -0.25) is 0 Å². The van der Waals surface area contributed by atoms with Crippen molar-refractivity contribution in [3.05, 3.63) is 71.8 Å². The molecule has 1 aliphatic carbocycles. The zero-order valence-electron chi connectivity index (χ0n) is 17.0. The summed E-state index contributed by atoms with van der Waals surface area (Å²) in [6.45, 7) is 6.76. The summed E-state index contributed by atoms with van der Waals surface area (Å²) >= 11 is 0. The monoisotopic (exact) mass is 376 g/mol. The van der Waals surface area contributed by atoms with Gasteiger partial charge in [0.1, 0.15) is 13.7 Å². The van der Waals surface area contributed by atoms with Gasteiger partial charge in [-0.15, -0.1) is 5.54 Å². The van der Waals surface area contributed by atoms with Crippen molar-refractivity contribution in [1.29, 1.82) is 0 Å². The van der Waals surface area contributed by atoms with Gasteiger partial charge in [-0.25, -0.2) is 0 Å². The molecule has 1 atom stereocenters. The third-order valence-electron chi connectivity index (χ3n) is 5.74. The summed E-state index contributed by atoms with van der Waals surface area (Å²) in [6, 6.07) is 21.3. The van der Waals surface area contributed by atoms with Crippen molar-refractivity contribution >= 4 is 8.07 Å². The average molecular weight is 377 g/mol. The Morgan fingerprint density at radius 1 is 0.815 bits per heavy atom. The van der Waals surface area contributed by atoms with Crippen LogP contribution in [-0.4, -0.2) is 18.8 Å². The van der Waals surface area contributed by atoms with Gasteiger partial charge in [0.05, 0.1) is 0 Å². The van der Waals surface area contributed by atoms with E-state index in [2.05, 4.69) is 91.8 Å². The standard InChI is InChI=1S/C25H32OSi/c1-27(2,3)19-18-25(26)17-11-10-16-24(25,20-22-12-6-4-7-13-22)21-23-14-8-5-9-15-23/h4-9,12-15,26H,10-11,16-17,20-21H2,1-3H3. The summed E-state index contributed by atoms with van der Waals surface area (Å²) in [7, 11) is -1.56. The summed E-state index contributed by atoms with van der Waals surface area (Å²) in [5, 5.41) is 11.9. The van der Waals surface area contributed by atoms with Crippen molar-refractivity contribution in [3.63, 3.8) is 0 Å². The fourth-order valence-electron chi connectivity index (χ4n) is 4.31. The molecule has 0 spiro atoms. The molecule has 0 saturated heterocycles. The van der Waals surface area contributed by atoms with Crippen LogP contribution in [0.4, 0.5) is 0 Å². The molecule has 2 aromatic rings. The Morgan fingerprint density at radius 2 is 1.30 bits per heavy atom. The SMILES string of the molecule is C[Si](C)(C)C#CC1(O)CCCCC1(Cc1ccccc1)Cc1ccccc1. The summed E-state index contributed by atoms with van der Waals surface area (Å²) in [5.74, 6) is 3.44. The zero-order valence-corrected chi connectivity index (χ0v) is 18.0. The molecule has 3 rings (SSSR count). The van der Waals surface area contributed by atoms with Crippen LogP contribution >= 0.6 is 0 Å². The molecule has 0 amide bonds. The lowest BCUT2D eigenvalue weighted by molar-refractivity contribution is -0.0701. The van der Waals surface area contributed by atoms with E-state index in [1.54, 1.807) is 0 Å². The Hall–Kier alpha value is -1.82. The Kier molecular flexibility index (Phi) is 5.94. The third-order valence-corrected chi connectivity index (χ3v) is 6.61. The van der Waals surface area contributed by atoms with Gasteiger partial charge in [-0.1, -0.05) is 92.6 Å². The molecule has 1 saturated carbocycles. The summed E-state index contributed by atoms with van der Waals surface area (Å²) in [6.07, 6.45) is 5.77. The van der Waals surface area contributed by atoms with Crippen molar-refractivity contribution in [2.75, 3.05) is 0 Å². The second-order valence-electron chi connectivity index (χ2n) is 9.17. The van der Waals surface area contributed by atoms with Crippen LogP contribution in [0.2, 0.25) is 19.6 Å². The molecule has 1 aliphatic rings. The average Bonchev–Trinajstić information content (AvgIpc) is 2.64. The Labute approximate surface area is 165 Å². The van der Waals surface area contributed by atoms with E-state index < -0.39 is 13.7 Å². The topological polar surface area (TPSA) is 20.2 Å². The number of hydrogen-bond acceptors (Lipinski definition) is 1. The molecule has 142 valence electrons. The van der Waals surface area contributed by atoms with Gasteiger partial charge in [0.25, 0.3) is 0 Å². The van der Waals surface area contributed by atoms with E-state index in [4.69, 9.17) is 0 Å². The number of rotatable bonds is 4. The highest BCUT2D eigenvalue weighted by atomic mass is 28.3. The van der Waals surface area contributed by atoms with Crippen LogP contribution in [0.5, 0.6) is 0 Å². The van der Waals surface area contributed by atoms with Crippen LogP contribution in [0.1, 0.15) is 36.8 Å². The van der Waals surface area contributed by atoms with Gasteiger partial charge in [0, 0.05) is 5.41 Å². The van der Waals surface area contributed by atoms with Gasteiger partial charge in [-0.2, -0.15) is 0 Å². The number of aliphatic hydroxyl groups is 1. The first-order valence-corrected chi connectivity index (χ1v) is 13.7. The van der Waals surface area contributed by atoms with Crippen molar-refractivity contribution in [1.82, 2.24) is 0 Å². The van der Waals surface area contributed by atoms with Crippen molar-refractivity contribution in [2.24, 2.45) is 5.41 Å². The summed E-state index contributed by atoms with van der Waals surface area (Å²) in [5.41, 5.74) is 4.93. The van der Waals surface area contributed by atoms with E-state index in [1.165, 1.54) is 11.1 Å². The minimum Gasteiger partial charge on any atom is -0.377 e. The Morgan fingerprint density at radius 3 is 1.78 bits per heavy atom. The predicted molar refractivity (Wildman–Crippen MR) is 117 cm³/mol. The third kappa shape index (κ3) is 4.92. The molecule has 0 radical (unpaired) electrons. The molecule has 1 nitrogen and oxygen atoms in total. The van der Waals surface area contributed by atoms with Gasteiger partial charge < -0.3 is 5.11 Å². The molecule has 2 heteroatoms. The normalized spacial score (nSPS) is 21.9. The maximum Gasteiger partial charge on any atom is 0.131 e. The lowest BCUT2D eigenvalue weighted by atomic mass is 9.58. The Balaban J connectivity index is 2.05. The lowest BCUT2D eigenvalue weighted by Gasteiger charge is -2.48. The first-order valence-electron chi connectivity index (χ1n) is 10.2. The smallest absolute Gasteiger partial charge is 0.131 e. The fourth-order valence-corrected chi connectivity index (χ4v) is 4.89. The van der Waals surface area contributed by atoms with E-state index in [0.717, 1.165) is 38.5 Å². The molecule has 0 heterocycles. The number of hydrogen-bond donors (Lipinski definition) is 1. The first-order chi connectivity index (χ1) is 12.8. The van der Waals surface area contributed by atoms with Crippen molar-refractivity contribution < 1.29 is 5.11 Å². The molecule has 1 N–H and O–H groups in total. The minimum atomic E-state index is -1.56. The second kappa shape index (κ2) is 8.05. The Bertz CT molecular complexity index is 753. The molecule has 0 aromatic heterocycles. The highest BCUT2D eigenvalue weighted by Crippen LogP contribution is 2.49. The zero-order chi connectivity index (χ0) is 19.4. The first kappa shape index (κ1) is 19.9. The quantitative estimate of drug-likeness (QED) is 0.540.